The van der Waals surface area contributed by atoms with Gasteiger partial charge >= 0.3 is 0 Å². The predicted octanol–water partition coefficient (Wildman–Crippen LogP) is 1.23. The molecule has 0 radical (unpaired) electrons. The van der Waals surface area contributed by atoms with E-state index in [9.17, 15) is 18.5 Å². The summed E-state index contributed by atoms with van der Waals surface area (Å²) in [5.41, 5.74) is 1.14. The molecule has 1 saturated heterocycles. The molecule has 2 aromatic heterocycles. The van der Waals surface area contributed by atoms with Gasteiger partial charge in [0, 0.05) is 30.8 Å². The molecule has 1 aromatic carbocycles. The standard InChI is InChI=1S/C16H18N8O4S/c1-29(27,28)22-8-6-12(7-9-22)23-10-14(18-21-23)16-17-15(19-20-16)11-2-4-13(5-3-11)24(25)26/h2-5,10,12H,6-9H2,1H3,(H,17,19,20). The Kier molecular flexibility index (Phi) is 4.84. The van der Waals surface area contributed by atoms with Crippen molar-refractivity contribution in [1.29, 1.82) is 0 Å². The van der Waals surface area contributed by atoms with Crippen molar-refractivity contribution in [3.8, 4) is 22.9 Å². The third-order valence-electron chi connectivity index (χ3n) is 4.84. The largest absolute Gasteiger partial charge is 0.269 e. The summed E-state index contributed by atoms with van der Waals surface area (Å²) in [5.74, 6) is 0.823. The normalized spacial score (nSPS) is 16.2. The molecule has 0 saturated carbocycles. The van der Waals surface area contributed by atoms with E-state index < -0.39 is 14.9 Å². The predicted molar refractivity (Wildman–Crippen MR) is 102 cm³/mol. The molecule has 0 spiro atoms. The molecule has 0 atom stereocenters. The quantitative estimate of drug-likeness (QED) is 0.479. The van der Waals surface area contributed by atoms with Crippen LogP contribution in [0.4, 0.5) is 5.69 Å². The summed E-state index contributed by atoms with van der Waals surface area (Å²) < 4.78 is 26.4. The lowest BCUT2D eigenvalue weighted by Gasteiger charge is -2.29. The van der Waals surface area contributed by atoms with Gasteiger partial charge < -0.3 is 0 Å². The maximum atomic E-state index is 11.6. The first-order chi connectivity index (χ1) is 13.8. The van der Waals surface area contributed by atoms with E-state index in [-0.39, 0.29) is 11.7 Å². The average molecular weight is 418 g/mol. The van der Waals surface area contributed by atoms with Gasteiger partial charge in [-0.15, -0.1) is 5.10 Å². The number of hydrogen-bond acceptors (Lipinski definition) is 8. The van der Waals surface area contributed by atoms with E-state index in [1.807, 2.05) is 0 Å². The second-order valence-corrected chi connectivity index (χ2v) is 8.77. The summed E-state index contributed by atoms with van der Waals surface area (Å²) in [5, 5.41) is 26.0. The van der Waals surface area contributed by atoms with E-state index in [2.05, 4.69) is 25.5 Å². The number of benzene rings is 1. The molecule has 0 bridgehead atoms. The first kappa shape index (κ1) is 19.1. The summed E-state index contributed by atoms with van der Waals surface area (Å²) in [7, 11) is -3.17. The molecule has 1 fully saturated rings. The Morgan fingerprint density at radius 2 is 1.90 bits per heavy atom. The fourth-order valence-corrected chi connectivity index (χ4v) is 4.11. The van der Waals surface area contributed by atoms with Crippen LogP contribution < -0.4 is 0 Å². The Hall–Kier alpha value is -3.19. The Balaban J connectivity index is 1.47. The fourth-order valence-electron chi connectivity index (χ4n) is 3.24. The first-order valence-electron chi connectivity index (χ1n) is 8.86. The maximum absolute atomic E-state index is 11.6. The van der Waals surface area contributed by atoms with Gasteiger partial charge in [0.1, 0.15) is 5.69 Å². The van der Waals surface area contributed by atoms with Gasteiger partial charge in [-0.3, -0.25) is 15.2 Å². The fraction of sp³-hybridized carbons (Fsp3) is 0.375. The lowest BCUT2D eigenvalue weighted by atomic mass is 10.1. The van der Waals surface area contributed by atoms with Crippen molar-refractivity contribution in [3.63, 3.8) is 0 Å². The van der Waals surface area contributed by atoms with Crippen molar-refractivity contribution >= 4 is 15.7 Å². The number of nitro benzene ring substituents is 1. The van der Waals surface area contributed by atoms with Gasteiger partial charge in [-0.1, -0.05) is 5.21 Å². The minimum atomic E-state index is -3.17. The molecule has 0 unspecified atom stereocenters. The molecule has 0 amide bonds. The van der Waals surface area contributed by atoms with Crippen LogP contribution in [0.1, 0.15) is 18.9 Å². The van der Waals surface area contributed by atoms with Gasteiger partial charge in [-0.25, -0.2) is 22.4 Å². The van der Waals surface area contributed by atoms with Crippen molar-refractivity contribution in [2.45, 2.75) is 18.9 Å². The van der Waals surface area contributed by atoms with Gasteiger partial charge in [0.05, 0.1) is 23.4 Å². The maximum Gasteiger partial charge on any atom is 0.269 e. The van der Waals surface area contributed by atoms with E-state index in [0.29, 0.717) is 48.8 Å². The molecule has 4 rings (SSSR count). The monoisotopic (exact) mass is 418 g/mol. The highest BCUT2D eigenvalue weighted by Gasteiger charge is 2.26. The highest BCUT2D eigenvalue weighted by Crippen LogP contribution is 2.25. The number of rotatable bonds is 5. The van der Waals surface area contributed by atoms with Crippen LogP contribution in [0, 0.1) is 10.1 Å². The third-order valence-corrected chi connectivity index (χ3v) is 6.14. The van der Waals surface area contributed by atoms with Crippen LogP contribution >= 0.6 is 0 Å². The number of hydrogen-bond donors (Lipinski definition) is 1. The zero-order valence-electron chi connectivity index (χ0n) is 15.5. The molecule has 1 aliphatic rings. The zero-order chi connectivity index (χ0) is 20.6. The van der Waals surface area contributed by atoms with Gasteiger partial charge in [-0.2, -0.15) is 5.10 Å². The minimum Gasteiger partial charge on any atom is -0.258 e. The van der Waals surface area contributed by atoms with E-state index >= 15 is 0 Å². The number of nitrogens with zero attached hydrogens (tertiary/aromatic N) is 7. The molecular weight excluding hydrogens is 400 g/mol. The highest BCUT2D eigenvalue weighted by atomic mass is 32.2. The molecule has 29 heavy (non-hydrogen) atoms. The molecule has 1 N–H and O–H groups in total. The van der Waals surface area contributed by atoms with Crippen molar-refractivity contribution in [3.05, 3.63) is 40.6 Å². The summed E-state index contributed by atoms with van der Waals surface area (Å²) in [6.07, 6.45) is 4.27. The molecule has 1 aliphatic heterocycles. The van der Waals surface area contributed by atoms with Gasteiger partial charge in [-0.05, 0) is 25.0 Å². The minimum absolute atomic E-state index is 0.00521. The smallest absolute Gasteiger partial charge is 0.258 e. The summed E-state index contributed by atoms with van der Waals surface area (Å²) in [6, 6.07) is 6.01. The first-order valence-corrected chi connectivity index (χ1v) is 10.7. The van der Waals surface area contributed by atoms with Gasteiger partial charge in [0.15, 0.2) is 11.6 Å². The third kappa shape index (κ3) is 4.00. The van der Waals surface area contributed by atoms with Gasteiger partial charge in [0.2, 0.25) is 10.0 Å². The lowest BCUT2D eigenvalue weighted by Crippen LogP contribution is -2.38. The number of sulfonamides is 1. The number of H-pyrrole nitrogens is 1. The topological polar surface area (TPSA) is 153 Å². The summed E-state index contributed by atoms with van der Waals surface area (Å²) in [6.45, 7) is 0.899. The summed E-state index contributed by atoms with van der Waals surface area (Å²) >= 11 is 0. The number of aromatic nitrogens is 6. The van der Waals surface area contributed by atoms with Crippen LogP contribution in [0.2, 0.25) is 0 Å². The second kappa shape index (κ2) is 7.33. The zero-order valence-corrected chi connectivity index (χ0v) is 16.3. The van der Waals surface area contributed by atoms with Crippen molar-refractivity contribution in [2.24, 2.45) is 0 Å². The SMILES string of the molecule is CS(=O)(=O)N1CCC(n2cc(-c3nc(-c4ccc([N+](=O)[O-])cc4)n[nH]3)nn2)CC1. The van der Waals surface area contributed by atoms with Crippen LogP contribution in [0.5, 0.6) is 0 Å². The van der Waals surface area contributed by atoms with Crippen LogP contribution in [0.25, 0.3) is 22.9 Å². The van der Waals surface area contributed by atoms with Crippen molar-refractivity contribution in [1.82, 2.24) is 34.5 Å². The van der Waals surface area contributed by atoms with E-state index in [4.69, 9.17) is 0 Å². The number of nitrogens with one attached hydrogen (secondary N) is 1. The summed E-state index contributed by atoms with van der Waals surface area (Å²) in [4.78, 5) is 14.7. The number of non-ortho nitro benzene ring substituents is 1. The molecule has 152 valence electrons. The number of aromatic amines is 1. The average Bonchev–Trinajstić information content (AvgIpc) is 3.37. The highest BCUT2D eigenvalue weighted by molar-refractivity contribution is 7.88. The molecule has 13 heteroatoms. The molecule has 3 aromatic rings. The lowest BCUT2D eigenvalue weighted by molar-refractivity contribution is -0.384. The molecule has 0 aliphatic carbocycles. The van der Waals surface area contributed by atoms with Crippen LogP contribution in [-0.4, -0.2) is 67.2 Å². The van der Waals surface area contributed by atoms with Crippen LogP contribution in [-0.2, 0) is 10.0 Å². The van der Waals surface area contributed by atoms with E-state index in [1.54, 1.807) is 23.0 Å². The van der Waals surface area contributed by atoms with Crippen LogP contribution in [0.3, 0.4) is 0 Å². The van der Waals surface area contributed by atoms with E-state index in [0.717, 1.165) is 0 Å². The Bertz CT molecular complexity index is 1130. The molecule has 12 nitrogen and oxygen atoms in total. The molecule has 3 heterocycles. The second-order valence-electron chi connectivity index (χ2n) is 6.79. The van der Waals surface area contributed by atoms with E-state index in [1.165, 1.54) is 22.7 Å². The number of nitro groups is 1. The van der Waals surface area contributed by atoms with Crippen molar-refractivity contribution in [2.75, 3.05) is 19.3 Å². The Morgan fingerprint density at radius 1 is 1.21 bits per heavy atom. The van der Waals surface area contributed by atoms with Gasteiger partial charge in [0.25, 0.3) is 5.69 Å². The van der Waals surface area contributed by atoms with Crippen molar-refractivity contribution < 1.29 is 13.3 Å². The Morgan fingerprint density at radius 3 is 2.52 bits per heavy atom. The molecular formula is C16H18N8O4S. The number of piperidine rings is 1. The van der Waals surface area contributed by atoms with Crippen LogP contribution in [0.15, 0.2) is 30.5 Å². The Labute approximate surface area is 165 Å².